The first kappa shape index (κ1) is 21.8. The van der Waals surface area contributed by atoms with Crippen molar-refractivity contribution in [1.29, 1.82) is 0 Å². The predicted octanol–water partition coefficient (Wildman–Crippen LogP) is 1.26. The van der Waals surface area contributed by atoms with E-state index in [1.54, 1.807) is 20.0 Å². The summed E-state index contributed by atoms with van der Waals surface area (Å²) in [5.41, 5.74) is 1.85. The van der Waals surface area contributed by atoms with Crippen LogP contribution < -0.4 is 10.6 Å². The Kier molecular flexibility index (Phi) is 7.15. The van der Waals surface area contributed by atoms with E-state index >= 15 is 0 Å². The van der Waals surface area contributed by atoms with Gasteiger partial charge in [-0.1, -0.05) is 40.6 Å². The van der Waals surface area contributed by atoms with Crippen LogP contribution in [0.25, 0.3) is 0 Å². The van der Waals surface area contributed by atoms with E-state index in [0.29, 0.717) is 11.4 Å². The van der Waals surface area contributed by atoms with E-state index in [-0.39, 0.29) is 37.1 Å². The Labute approximate surface area is 178 Å². The molecule has 162 valence electrons. The molecule has 2 N–H and O–H groups in total. The molecule has 0 spiro atoms. The third kappa shape index (κ3) is 5.78. The zero-order valence-corrected chi connectivity index (χ0v) is 17.2. The molecule has 3 aromatic rings. The van der Waals surface area contributed by atoms with Crippen molar-refractivity contribution >= 4 is 17.7 Å². The Morgan fingerprint density at radius 3 is 2.48 bits per heavy atom. The van der Waals surface area contributed by atoms with Gasteiger partial charge in [0.25, 0.3) is 5.91 Å². The Balaban J connectivity index is 1.62. The van der Waals surface area contributed by atoms with Crippen molar-refractivity contribution in [2.75, 3.05) is 20.1 Å². The summed E-state index contributed by atoms with van der Waals surface area (Å²) in [5, 5.41) is 12.7. The summed E-state index contributed by atoms with van der Waals surface area (Å²) in [5.74, 6) is -0.945. The van der Waals surface area contributed by atoms with Crippen LogP contribution in [0.2, 0.25) is 0 Å². The number of nitrogens with zero attached hydrogens (tertiary/aromatic N) is 3. The molecule has 0 fully saturated rings. The van der Waals surface area contributed by atoms with Crippen LogP contribution in [0.15, 0.2) is 57.8 Å². The highest BCUT2D eigenvalue weighted by atomic mass is 16.6. The van der Waals surface area contributed by atoms with Crippen LogP contribution in [0, 0.1) is 6.92 Å². The molecular formula is C21H23N5O5. The first-order valence-corrected chi connectivity index (χ1v) is 9.62. The van der Waals surface area contributed by atoms with Crippen LogP contribution in [0.5, 0.6) is 0 Å². The zero-order valence-electron chi connectivity index (χ0n) is 17.2. The maximum atomic E-state index is 12.7. The number of aryl methyl sites for hydroxylation is 1. The fourth-order valence-corrected chi connectivity index (χ4v) is 2.94. The SMILES string of the molecule is Cc1nonc1CC(=O)NCC(c1ccccc1)N(C)C(=O)CNC(=O)c1ccco1. The topological polar surface area (TPSA) is 131 Å². The number of hydrogen-bond acceptors (Lipinski definition) is 7. The first-order valence-electron chi connectivity index (χ1n) is 9.62. The number of rotatable bonds is 9. The van der Waals surface area contributed by atoms with E-state index in [4.69, 9.17) is 4.42 Å². The molecule has 10 nitrogen and oxygen atoms in total. The Bertz CT molecular complexity index is 1020. The van der Waals surface area contributed by atoms with Gasteiger partial charge in [-0.3, -0.25) is 14.4 Å². The van der Waals surface area contributed by atoms with Gasteiger partial charge in [0.05, 0.1) is 25.3 Å². The molecule has 3 rings (SSSR count). The number of likely N-dealkylation sites (N-methyl/N-ethyl adjacent to an activating group) is 1. The predicted molar refractivity (Wildman–Crippen MR) is 109 cm³/mol. The van der Waals surface area contributed by atoms with Crippen molar-refractivity contribution in [1.82, 2.24) is 25.8 Å². The number of amides is 3. The molecule has 1 atom stereocenters. The fourth-order valence-electron chi connectivity index (χ4n) is 2.94. The molecule has 2 aromatic heterocycles. The smallest absolute Gasteiger partial charge is 0.287 e. The quantitative estimate of drug-likeness (QED) is 0.528. The van der Waals surface area contributed by atoms with Crippen molar-refractivity contribution in [2.45, 2.75) is 19.4 Å². The largest absolute Gasteiger partial charge is 0.459 e. The molecule has 0 saturated carbocycles. The summed E-state index contributed by atoms with van der Waals surface area (Å²) in [7, 11) is 1.62. The Hall–Kier alpha value is -3.95. The highest BCUT2D eigenvalue weighted by molar-refractivity contribution is 5.94. The third-order valence-electron chi connectivity index (χ3n) is 4.76. The molecule has 0 aliphatic rings. The van der Waals surface area contributed by atoms with Gasteiger partial charge in [0.1, 0.15) is 11.4 Å². The Morgan fingerprint density at radius 1 is 1.06 bits per heavy atom. The standard InChI is InChI=1S/C21H23N5O5/c1-14-16(25-31-24-14)11-19(27)22-12-17(15-7-4-3-5-8-15)26(2)20(28)13-23-21(29)18-9-6-10-30-18/h3-10,17H,11-13H2,1-2H3,(H,22,27)(H,23,29). The highest BCUT2D eigenvalue weighted by Crippen LogP contribution is 2.18. The second-order valence-corrected chi connectivity index (χ2v) is 6.87. The maximum Gasteiger partial charge on any atom is 0.287 e. The van der Waals surface area contributed by atoms with Crippen molar-refractivity contribution < 1.29 is 23.4 Å². The van der Waals surface area contributed by atoms with Crippen molar-refractivity contribution in [2.24, 2.45) is 0 Å². The van der Waals surface area contributed by atoms with E-state index in [2.05, 4.69) is 25.6 Å². The van der Waals surface area contributed by atoms with Gasteiger partial charge in [-0.05, 0) is 24.6 Å². The third-order valence-corrected chi connectivity index (χ3v) is 4.76. The molecular weight excluding hydrogens is 402 g/mol. The molecule has 0 aliphatic carbocycles. The lowest BCUT2D eigenvalue weighted by molar-refractivity contribution is -0.131. The number of furan rings is 1. The molecule has 0 bridgehead atoms. The summed E-state index contributed by atoms with van der Waals surface area (Å²) >= 11 is 0. The van der Waals surface area contributed by atoms with E-state index < -0.39 is 11.9 Å². The van der Waals surface area contributed by atoms with Crippen molar-refractivity contribution in [3.63, 3.8) is 0 Å². The Morgan fingerprint density at radius 2 is 1.84 bits per heavy atom. The van der Waals surface area contributed by atoms with Crippen LogP contribution in [-0.4, -0.2) is 53.1 Å². The van der Waals surface area contributed by atoms with E-state index in [1.165, 1.54) is 17.2 Å². The first-order chi connectivity index (χ1) is 15.0. The minimum absolute atomic E-state index is 0.0215. The number of aromatic nitrogens is 2. The van der Waals surface area contributed by atoms with Crippen LogP contribution in [0.4, 0.5) is 0 Å². The maximum absolute atomic E-state index is 12.7. The summed E-state index contributed by atoms with van der Waals surface area (Å²) in [6.07, 6.45) is 1.40. The fraction of sp³-hybridized carbons (Fsp3) is 0.286. The van der Waals surface area contributed by atoms with Crippen LogP contribution >= 0.6 is 0 Å². The van der Waals surface area contributed by atoms with E-state index in [9.17, 15) is 14.4 Å². The average Bonchev–Trinajstić information content (AvgIpc) is 3.45. The summed E-state index contributed by atoms with van der Waals surface area (Å²) < 4.78 is 9.63. The minimum atomic E-state index is -0.479. The molecule has 31 heavy (non-hydrogen) atoms. The lowest BCUT2D eigenvalue weighted by Crippen LogP contribution is -2.43. The molecule has 10 heteroatoms. The van der Waals surface area contributed by atoms with Gasteiger partial charge >= 0.3 is 0 Å². The van der Waals surface area contributed by atoms with Gasteiger partial charge in [0, 0.05) is 13.6 Å². The number of carbonyl (C=O) groups excluding carboxylic acids is 3. The molecule has 1 aromatic carbocycles. The van der Waals surface area contributed by atoms with Gasteiger partial charge in [0.15, 0.2) is 5.76 Å². The van der Waals surface area contributed by atoms with Crippen molar-refractivity contribution in [3.05, 3.63) is 71.4 Å². The van der Waals surface area contributed by atoms with Crippen LogP contribution in [0.1, 0.15) is 33.5 Å². The molecule has 0 radical (unpaired) electrons. The number of carbonyl (C=O) groups is 3. The van der Waals surface area contributed by atoms with Crippen molar-refractivity contribution in [3.8, 4) is 0 Å². The number of hydrogen-bond donors (Lipinski definition) is 2. The molecule has 2 heterocycles. The molecule has 3 amide bonds. The summed E-state index contributed by atoms with van der Waals surface area (Å²) in [4.78, 5) is 38.6. The summed E-state index contributed by atoms with van der Waals surface area (Å²) in [6.45, 7) is 1.67. The van der Waals surface area contributed by atoms with Gasteiger partial charge in [-0.15, -0.1) is 0 Å². The lowest BCUT2D eigenvalue weighted by Gasteiger charge is -2.29. The van der Waals surface area contributed by atoms with Crippen LogP contribution in [0.3, 0.4) is 0 Å². The van der Waals surface area contributed by atoms with Gasteiger partial charge in [0.2, 0.25) is 11.8 Å². The second kappa shape index (κ2) is 10.2. The normalized spacial score (nSPS) is 11.5. The molecule has 1 unspecified atom stereocenters. The molecule has 0 saturated heterocycles. The average molecular weight is 425 g/mol. The van der Waals surface area contributed by atoms with Gasteiger partial charge < -0.3 is 20.0 Å². The monoisotopic (exact) mass is 425 g/mol. The lowest BCUT2D eigenvalue weighted by atomic mass is 10.1. The van der Waals surface area contributed by atoms with E-state index in [0.717, 1.165) is 5.56 Å². The zero-order chi connectivity index (χ0) is 22.2. The number of benzene rings is 1. The van der Waals surface area contributed by atoms with E-state index in [1.807, 2.05) is 30.3 Å². The van der Waals surface area contributed by atoms with Gasteiger partial charge in [-0.25, -0.2) is 4.63 Å². The summed E-state index contributed by atoms with van der Waals surface area (Å²) in [6, 6.07) is 12.0. The highest BCUT2D eigenvalue weighted by Gasteiger charge is 2.23. The minimum Gasteiger partial charge on any atom is -0.459 e. The van der Waals surface area contributed by atoms with Crippen LogP contribution in [-0.2, 0) is 16.0 Å². The molecule has 0 aliphatic heterocycles. The number of nitrogens with one attached hydrogen (secondary N) is 2. The second-order valence-electron chi connectivity index (χ2n) is 6.87. The van der Waals surface area contributed by atoms with Gasteiger partial charge in [-0.2, -0.15) is 0 Å².